The minimum Gasteiger partial charge on any atom is -1.00 e. The van der Waals surface area contributed by atoms with Crippen molar-refractivity contribution >= 4 is 0 Å². The summed E-state index contributed by atoms with van der Waals surface area (Å²) in [5.41, 5.74) is 2.34. The summed E-state index contributed by atoms with van der Waals surface area (Å²) in [6, 6.07) is 12.0. The zero-order valence-electron chi connectivity index (χ0n) is 19.4. The molecule has 1 atom stereocenters. The van der Waals surface area contributed by atoms with Crippen LogP contribution in [0.5, 0.6) is 23.0 Å². The van der Waals surface area contributed by atoms with Crippen molar-refractivity contribution in [1.82, 2.24) is 9.80 Å². The first-order chi connectivity index (χ1) is 15.6. The summed E-state index contributed by atoms with van der Waals surface area (Å²) in [4.78, 5) is 4.71. The number of ether oxygens (including phenoxy) is 4. The number of allylic oxidation sites excluding steroid dienone is 1. The van der Waals surface area contributed by atoms with Crippen molar-refractivity contribution in [3.05, 3.63) is 60.2 Å². The third kappa shape index (κ3) is 7.42. The normalized spacial score (nSPS) is 16.2. The van der Waals surface area contributed by atoms with Crippen molar-refractivity contribution in [3.63, 3.8) is 0 Å². The van der Waals surface area contributed by atoms with Crippen LogP contribution in [0, 0.1) is 0 Å². The van der Waals surface area contributed by atoms with E-state index in [-0.39, 0.29) is 31.4 Å². The molecule has 0 saturated carbocycles. The van der Waals surface area contributed by atoms with Gasteiger partial charge in [-0.15, -0.1) is 6.58 Å². The van der Waals surface area contributed by atoms with E-state index in [0.29, 0.717) is 24.8 Å². The molecule has 0 aliphatic carbocycles. The van der Waals surface area contributed by atoms with Gasteiger partial charge in [0.2, 0.25) is 6.79 Å². The van der Waals surface area contributed by atoms with Gasteiger partial charge in [0.1, 0.15) is 12.7 Å². The molecule has 0 amide bonds. The lowest BCUT2D eigenvalue weighted by atomic mass is 10.1. The predicted octanol–water partition coefficient (Wildman–Crippen LogP) is -3.28. The molecule has 1 N–H and O–H groups in total. The van der Waals surface area contributed by atoms with Crippen molar-refractivity contribution in [2.75, 3.05) is 53.2 Å². The monoisotopic (exact) mass is 510 g/mol. The van der Waals surface area contributed by atoms with Crippen LogP contribution in [0.1, 0.15) is 11.1 Å². The van der Waals surface area contributed by atoms with Gasteiger partial charge >= 0.3 is 0 Å². The number of nitrogens with zero attached hydrogens (tertiary/aromatic N) is 2. The lowest BCUT2D eigenvalue weighted by molar-refractivity contribution is -0.00100. The molecule has 2 aromatic carbocycles. The molecule has 2 heterocycles. The van der Waals surface area contributed by atoms with Crippen molar-refractivity contribution < 1.29 is 48.9 Å². The lowest BCUT2D eigenvalue weighted by Gasteiger charge is -2.35. The van der Waals surface area contributed by atoms with Gasteiger partial charge in [-0.05, 0) is 41.8 Å². The summed E-state index contributed by atoms with van der Waals surface area (Å²) in [5.74, 6) is 2.97. The highest BCUT2D eigenvalue weighted by Crippen LogP contribution is 2.33. The van der Waals surface area contributed by atoms with E-state index in [4.69, 9.17) is 18.9 Å². The smallest absolute Gasteiger partial charge is 0.231 e. The molecule has 0 bridgehead atoms. The average Bonchev–Trinajstić information content (AvgIpc) is 3.27. The molecule has 1 saturated heterocycles. The fraction of sp³-hybridized carbons (Fsp3) is 0.440. The third-order valence-corrected chi connectivity index (χ3v) is 5.82. The second kappa shape index (κ2) is 13.7. The zero-order chi connectivity index (χ0) is 22.3. The van der Waals surface area contributed by atoms with Gasteiger partial charge in [0.25, 0.3) is 0 Å². The van der Waals surface area contributed by atoms with Gasteiger partial charge in [0, 0.05) is 39.3 Å². The van der Waals surface area contributed by atoms with Crippen LogP contribution in [-0.4, -0.2) is 74.2 Å². The van der Waals surface area contributed by atoms with E-state index < -0.39 is 6.10 Å². The summed E-state index contributed by atoms with van der Waals surface area (Å²) in [7, 11) is 1.62. The van der Waals surface area contributed by atoms with E-state index in [0.717, 1.165) is 56.2 Å². The summed E-state index contributed by atoms with van der Waals surface area (Å²) < 4.78 is 22.1. The maximum absolute atomic E-state index is 10.5. The Balaban J connectivity index is 0.00000204. The van der Waals surface area contributed by atoms with E-state index >= 15 is 0 Å². The van der Waals surface area contributed by atoms with Crippen LogP contribution in [0.25, 0.3) is 0 Å². The van der Waals surface area contributed by atoms with Gasteiger partial charge < -0.3 is 48.9 Å². The number of hydrogen-bond acceptors (Lipinski definition) is 7. The molecular formula is C25H32Cl2N2O5-2. The number of β-amino-alcohol motifs (C(OH)–C–C–N with tert-alkyl or cyclic N) is 1. The molecule has 1 fully saturated rings. The molecule has 2 aliphatic heterocycles. The minimum atomic E-state index is -0.562. The van der Waals surface area contributed by atoms with E-state index in [1.165, 1.54) is 5.56 Å². The van der Waals surface area contributed by atoms with Crippen LogP contribution in [0.2, 0.25) is 0 Å². The van der Waals surface area contributed by atoms with Gasteiger partial charge in [-0.25, -0.2) is 0 Å². The topological polar surface area (TPSA) is 63.6 Å². The number of aliphatic hydroxyl groups is 1. The zero-order valence-corrected chi connectivity index (χ0v) is 20.9. The molecule has 0 spiro atoms. The van der Waals surface area contributed by atoms with Crippen LogP contribution in [0.4, 0.5) is 0 Å². The van der Waals surface area contributed by atoms with E-state index in [1.54, 1.807) is 7.11 Å². The lowest BCUT2D eigenvalue weighted by Crippen LogP contribution is -3.00. The Labute approximate surface area is 214 Å². The first-order valence-corrected chi connectivity index (χ1v) is 11.1. The molecule has 9 heteroatoms. The molecule has 2 aromatic rings. The number of benzene rings is 2. The van der Waals surface area contributed by atoms with E-state index in [1.807, 2.05) is 30.3 Å². The standard InChI is InChI=1S/C25H32N2O5.2ClH/c1-3-4-19-5-7-22(24(13-19)29-2)30-17-21(28)16-27-11-9-26(10-12-27)15-20-6-8-23-25(14-20)32-18-31-23;;/h3,5-8,13-14,21,28H,1,4,9-12,15-18H2,2H3;2*1H/p-2. The maximum Gasteiger partial charge on any atom is 0.231 e. The summed E-state index contributed by atoms with van der Waals surface area (Å²) in [5, 5.41) is 10.5. The summed E-state index contributed by atoms with van der Waals surface area (Å²) in [6.45, 7) is 9.53. The van der Waals surface area contributed by atoms with Gasteiger partial charge in [-0.1, -0.05) is 18.2 Å². The maximum atomic E-state index is 10.5. The van der Waals surface area contributed by atoms with Crippen LogP contribution in [0.3, 0.4) is 0 Å². The number of halogens is 2. The van der Waals surface area contributed by atoms with Gasteiger partial charge in [0.15, 0.2) is 23.0 Å². The number of piperazine rings is 1. The Morgan fingerprint density at radius 3 is 2.41 bits per heavy atom. The average molecular weight is 511 g/mol. The SMILES string of the molecule is C=CCc1ccc(OCC(O)CN2CCN(Cc3ccc4c(c3)OCO4)CC2)c(OC)c1.[Cl-].[Cl-]. The van der Waals surface area contributed by atoms with Crippen molar-refractivity contribution in [1.29, 1.82) is 0 Å². The second-order valence-corrected chi connectivity index (χ2v) is 8.21. The Morgan fingerprint density at radius 1 is 0.971 bits per heavy atom. The number of hydrogen-bond donors (Lipinski definition) is 1. The highest BCUT2D eigenvalue weighted by molar-refractivity contribution is 5.44. The van der Waals surface area contributed by atoms with E-state index in [9.17, 15) is 5.11 Å². The van der Waals surface area contributed by atoms with Crippen LogP contribution in [0.15, 0.2) is 49.1 Å². The molecule has 0 aromatic heterocycles. The molecule has 1 unspecified atom stereocenters. The minimum absolute atomic E-state index is 0. The van der Waals surface area contributed by atoms with E-state index in [2.05, 4.69) is 28.5 Å². The number of rotatable bonds is 10. The van der Waals surface area contributed by atoms with Crippen LogP contribution in [-0.2, 0) is 13.0 Å². The predicted molar refractivity (Wildman–Crippen MR) is 123 cm³/mol. The highest BCUT2D eigenvalue weighted by atomic mass is 35.5. The molecule has 34 heavy (non-hydrogen) atoms. The number of methoxy groups -OCH3 is 1. The number of aliphatic hydroxyl groups excluding tert-OH is 1. The molecular weight excluding hydrogens is 479 g/mol. The molecule has 2 aliphatic rings. The van der Waals surface area contributed by atoms with Gasteiger partial charge in [-0.3, -0.25) is 9.80 Å². The molecule has 0 radical (unpaired) electrons. The van der Waals surface area contributed by atoms with Crippen LogP contribution >= 0.6 is 0 Å². The quantitative estimate of drug-likeness (QED) is 0.336. The molecule has 188 valence electrons. The third-order valence-electron chi connectivity index (χ3n) is 5.82. The van der Waals surface area contributed by atoms with Crippen molar-refractivity contribution in [2.45, 2.75) is 19.1 Å². The fourth-order valence-corrected chi connectivity index (χ4v) is 4.09. The Hall–Kier alpha value is -2.16. The van der Waals surface area contributed by atoms with Gasteiger partial charge in [0.05, 0.1) is 7.11 Å². The first kappa shape index (κ1) is 28.1. The van der Waals surface area contributed by atoms with Crippen LogP contribution < -0.4 is 43.8 Å². The highest BCUT2D eigenvalue weighted by Gasteiger charge is 2.21. The second-order valence-electron chi connectivity index (χ2n) is 8.21. The van der Waals surface area contributed by atoms with Crippen molar-refractivity contribution in [3.8, 4) is 23.0 Å². The Morgan fingerprint density at radius 2 is 1.68 bits per heavy atom. The van der Waals surface area contributed by atoms with Gasteiger partial charge in [-0.2, -0.15) is 0 Å². The van der Waals surface area contributed by atoms with Crippen molar-refractivity contribution in [2.24, 2.45) is 0 Å². The molecule has 7 nitrogen and oxygen atoms in total. The summed E-state index contributed by atoms with van der Waals surface area (Å²) >= 11 is 0. The Kier molecular flexibility index (Phi) is 11.3. The summed E-state index contributed by atoms with van der Waals surface area (Å²) in [6.07, 6.45) is 2.07. The fourth-order valence-electron chi connectivity index (χ4n) is 4.09. The Bertz CT molecular complexity index is 922. The number of fused-ring (bicyclic) bond motifs is 1. The molecule has 4 rings (SSSR count). The largest absolute Gasteiger partial charge is 1.00 e. The first-order valence-electron chi connectivity index (χ1n) is 11.1.